The van der Waals surface area contributed by atoms with Crippen molar-refractivity contribution in [3.63, 3.8) is 0 Å². The van der Waals surface area contributed by atoms with Crippen LogP contribution in [0.2, 0.25) is 0 Å². The van der Waals surface area contributed by atoms with Crippen LogP contribution >= 0.6 is 0 Å². The highest BCUT2D eigenvalue weighted by Gasteiger charge is 2.53. The lowest BCUT2D eigenvalue weighted by Gasteiger charge is -2.46. The lowest BCUT2D eigenvalue weighted by atomic mass is 9.32. The van der Waals surface area contributed by atoms with Crippen LogP contribution < -0.4 is 52.8 Å². The molecule has 426 valence electrons. The van der Waals surface area contributed by atoms with Gasteiger partial charge in [-0.1, -0.05) is 176 Å². The second kappa shape index (κ2) is 18.7. The van der Waals surface area contributed by atoms with Gasteiger partial charge in [-0.05, 0) is 149 Å². The SMILES string of the molecule is c1ccc(N2c3cc4c(cc3B3c5oc6ccccc6c5N(c5ccccc5)c5c3c2cc2c5c3ccccc3n2-c2ccccc2)B2c3oc5ccccc5c3N(c3ccccc3)c3c2c(cc2c3c3ccccc3n2-c2ccccc2)N4c2ccccc2)cc1. The predicted octanol–water partition coefficient (Wildman–Crippen LogP) is 17.5. The Labute approximate surface area is 529 Å². The number of anilines is 12. The van der Waals surface area contributed by atoms with E-state index in [-0.39, 0.29) is 13.4 Å². The van der Waals surface area contributed by atoms with E-state index in [9.17, 15) is 0 Å². The standard InChI is InChI=1S/C82H50B2N6O2/c1-7-27-51(28-8-1)85-63-43-23-19-39-57(63)73-67(85)49-69-75-79(73)89(55-35-15-5-16-36-55)77-59-41-21-25-45-71(59)91-81(77)83(75)61-47-62-66(48-65(61)87(69)53-31-11-3-12-32-53)88(54-33-13-4-14-34-54)70-50-68-74(58-40-20-24-44-64(58)86(68)52-29-9-2-10-30-52)80-76(70)84(62)82-78(60-42-22-26-46-72(60)92-82)90(80)56-37-17-6-18-38-56/h1-50H. The molecule has 0 saturated heterocycles. The number of nitrogens with zero attached hydrogens (tertiary/aromatic N) is 6. The summed E-state index contributed by atoms with van der Waals surface area (Å²) in [4.78, 5) is 10.2. The Balaban J connectivity index is 0.959. The second-order valence-corrected chi connectivity index (χ2v) is 24.6. The molecule has 4 aliphatic heterocycles. The van der Waals surface area contributed by atoms with Crippen LogP contribution in [-0.4, -0.2) is 22.6 Å². The van der Waals surface area contributed by atoms with Gasteiger partial charge in [0, 0.05) is 89.2 Å². The number of hydrogen-bond acceptors (Lipinski definition) is 6. The first-order valence-electron chi connectivity index (χ1n) is 31.7. The zero-order chi connectivity index (χ0) is 59.9. The van der Waals surface area contributed by atoms with Crippen molar-refractivity contribution < 1.29 is 8.83 Å². The number of rotatable bonds is 6. The van der Waals surface area contributed by atoms with E-state index < -0.39 is 0 Å². The van der Waals surface area contributed by atoms with E-state index in [2.05, 4.69) is 332 Å². The van der Waals surface area contributed by atoms with Crippen LogP contribution in [0.3, 0.4) is 0 Å². The minimum Gasteiger partial charge on any atom is -0.468 e. The quantitative estimate of drug-likeness (QED) is 0.155. The maximum absolute atomic E-state index is 7.62. The highest BCUT2D eigenvalue weighted by Crippen LogP contribution is 2.55. The molecule has 0 amide bonds. The molecule has 0 saturated carbocycles. The average molecular weight is 1170 g/mol. The third-order valence-corrected chi connectivity index (χ3v) is 19.9. The van der Waals surface area contributed by atoms with Crippen LogP contribution in [0.5, 0.6) is 0 Å². The first kappa shape index (κ1) is 49.8. The largest absolute Gasteiger partial charge is 0.468 e. The molecule has 8 nitrogen and oxygen atoms in total. The molecular formula is C82H50B2N6O2. The molecule has 0 bridgehead atoms. The molecule has 10 heteroatoms. The number of furan rings is 2. The van der Waals surface area contributed by atoms with Crippen LogP contribution in [-0.2, 0) is 0 Å². The van der Waals surface area contributed by atoms with E-state index in [0.29, 0.717) is 0 Å². The summed E-state index contributed by atoms with van der Waals surface area (Å²) in [6.07, 6.45) is 0. The van der Waals surface area contributed by atoms with Crippen LogP contribution in [0, 0.1) is 0 Å². The summed E-state index contributed by atoms with van der Waals surface area (Å²) in [5.41, 5.74) is 27.6. The maximum Gasteiger partial charge on any atom is 0.297 e. The Morgan fingerprint density at radius 2 is 0.554 bits per heavy atom. The Hall–Kier alpha value is -12.1. The molecule has 0 fully saturated rings. The number of aromatic nitrogens is 2. The fraction of sp³-hybridized carbons (Fsp3) is 0. The van der Waals surface area contributed by atoms with Crippen LogP contribution in [0.25, 0.3) is 76.9 Å². The highest BCUT2D eigenvalue weighted by atomic mass is 16.3. The average Bonchev–Trinajstić information content (AvgIpc) is 1.40. The topological polar surface area (TPSA) is 49.1 Å². The zero-order valence-electron chi connectivity index (χ0n) is 49.5. The molecule has 17 aromatic rings. The lowest BCUT2D eigenvalue weighted by molar-refractivity contribution is 0.651. The first-order chi connectivity index (χ1) is 45.7. The molecule has 13 aromatic carbocycles. The third kappa shape index (κ3) is 6.61. The molecule has 0 aliphatic carbocycles. The molecule has 8 heterocycles. The van der Waals surface area contributed by atoms with E-state index in [4.69, 9.17) is 8.83 Å². The minimum atomic E-state index is -0.386. The van der Waals surface area contributed by atoms with Gasteiger partial charge in [0.15, 0.2) is 0 Å². The molecule has 4 aromatic heterocycles. The van der Waals surface area contributed by atoms with Crippen LogP contribution in [0.15, 0.2) is 312 Å². The molecule has 0 radical (unpaired) electrons. The number of hydrogen-bond donors (Lipinski definition) is 0. The summed E-state index contributed by atoms with van der Waals surface area (Å²) in [5.74, 6) is 0. The molecule has 4 aliphatic rings. The van der Waals surface area contributed by atoms with Crippen molar-refractivity contribution in [2.45, 2.75) is 0 Å². The van der Waals surface area contributed by atoms with Crippen molar-refractivity contribution in [3.8, 4) is 11.4 Å². The van der Waals surface area contributed by atoms with Gasteiger partial charge in [-0.15, -0.1) is 0 Å². The van der Waals surface area contributed by atoms with Gasteiger partial charge in [-0.25, -0.2) is 0 Å². The second-order valence-electron chi connectivity index (χ2n) is 24.6. The van der Waals surface area contributed by atoms with Gasteiger partial charge in [0.25, 0.3) is 13.4 Å². The number of fused-ring (bicyclic) bond motifs is 20. The van der Waals surface area contributed by atoms with Crippen LogP contribution in [0.1, 0.15) is 0 Å². The van der Waals surface area contributed by atoms with Crippen molar-refractivity contribution in [2.24, 2.45) is 0 Å². The van der Waals surface area contributed by atoms with E-state index in [1.165, 1.54) is 32.5 Å². The van der Waals surface area contributed by atoms with E-state index in [1.54, 1.807) is 0 Å². The fourth-order valence-corrected chi connectivity index (χ4v) is 16.5. The smallest absolute Gasteiger partial charge is 0.297 e. The summed E-state index contributed by atoms with van der Waals surface area (Å²) >= 11 is 0. The van der Waals surface area contributed by atoms with Gasteiger partial charge in [0.05, 0.1) is 56.1 Å². The van der Waals surface area contributed by atoms with Gasteiger partial charge in [-0.2, -0.15) is 0 Å². The van der Waals surface area contributed by atoms with Gasteiger partial charge in [-0.3, -0.25) is 0 Å². The monoisotopic (exact) mass is 1170 g/mol. The van der Waals surface area contributed by atoms with Crippen molar-refractivity contribution in [2.75, 3.05) is 19.6 Å². The van der Waals surface area contributed by atoms with Crippen molar-refractivity contribution >= 4 is 180 Å². The molecule has 0 N–H and O–H groups in total. The minimum absolute atomic E-state index is 0.386. The van der Waals surface area contributed by atoms with Crippen LogP contribution in [0.4, 0.5) is 68.2 Å². The predicted molar refractivity (Wildman–Crippen MR) is 383 cm³/mol. The normalized spacial score (nSPS) is 13.5. The van der Waals surface area contributed by atoms with Gasteiger partial charge < -0.3 is 37.6 Å². The summed E-state index contributed by atoms with van der Waals surface area (Å²) in [7, 11) is 0. The van der Waals surface area contributed by atoms with Gasteiger partial charge in [0.1, 0.15) is 11.2 Å². The van der Waals surface area contributed by atoms with Crippen molar-refractivity contribution in [1.29, 1.82) is 0 Å². The summed E-state index contributed by atoms with van der Waals surface area (Å²) in [5, 5.41) is 6.81. The molecular weight excluding hydrogens is 1120 g/mol. The van der Waals surface area contributed by atoms with Gasteiger partial charge in [0.2, 0.25) is 0 Å². The first-order valence-corrected chi connectivity index (χ1v) is 31.7. The Kier molecular flexibility index (Phi) is 10.1. The van der Waals surface area contributed by atoms with Crippen molar-refractivity contribution in [1.82, 2.24) is 9.13 Å². The van der Waals surface area contributed by atoms with E-state index in [1.807, 2.05) is 0 Å². The molecule has 92 heavy (non-hydrogen) atoms. The highest BCUT2D eigenvalue weighted by molar-refractivity contribution is 7.03. The summed E-state index contributed by atoms with van der Waals surface area (Å²) in [6, 6.07) is 111. The number of para-hydroxylation sites is 10. The summed E-state index contributed by atoms with van der Waals surface area (Å²) < 4.78 is 20.2. The fourth-order valence-electron chi connectivity index (χ4n) is 16.5. The van der Waals surface area contributed by atoms with E-state index in [0.717, 1.165) is 146 Å². The molecule has 0 unspecified atom stereocenters. The molecule has 0 atom stereocenters. The lowest BCUT2D eigenvalue weighted by Crippen LogP contribution is -2.65. The summed E-state index contributed by atoms with van der Waals surface area (Å²) in [6.45, 7) is -0.773. The van der Waals surface area contributed by atoms with E-state index >= 15 is 0 Å². The molecule has 21 rings (SSSR count). The zero-order valence-corrected chi connectivity index (χ0v) is 49.5. The van der Waals surface area contributed by atoms with Gasteiger partial charge >= 0.3 is 0 Å². The molecule has 0 spiro atoms. The maximum atomic E-state index is 7.62. The third-order valence-electron chi connectivity index (χ3n) is 19.9. The Bertz CT molecular complexity index is 5570. The van der Waals surface area contributed by atoms with Crippen molar-refractivity contribution in [3.05, 3.63) is 303 Å². The Morgan fingerprint density at radius 1 is 0.239 bits per heavy atom. The number of benzene rings is 13. The Morgan fingerprint density at radius 3 is 0.935 bits per heavy atom.